The molecule has 8 heteroatoms. The van der Waals surface area contributed by atoms with Crippen molar-refractivity contribution in [3.8, 4) is 0 Å². The molecule has 29 heavy (non-hydrogen) atoms. The Hall–Kier alpha value is -3.32. The third kappa shape index (κ3) is 3.95. The van der Waals surface area contributed by atoms with Gasteiger partial charge in [0.15, 0.2) is 0 Å². The Morgan fingerprint density at radius 3 is 2.59 bits per heavy atom. The topological polar surface area (TPSA) is 95.8 Å². The number of fused-ring (bicyclic) bond motifs is 1. The molecule has 0 aliphatic carbocycles. The summed E-state index contributed by atoms with van der Waals surface area (Å²) in [5.41, 5.74) is 3.84. The second-order valence-corrected chi connectivity index (χ2v) is 7.11. The number of benzene rings is 2. The van der Waals surface area contributed by atoms with Crippen molar-refractivity contribution in [3.63, 3.8) is 0 Å². The van der Waals surface area contributed by atoms with Gasteiger partial charge in [-0.15, -0.1) is 0 Å². The summed E-state index contributed by atoms with van der Waals surface area (Å²) >= 11 is 5.98. The maximum Gasteiger partial charge on any atom is 0.303 e. The van der Waals surface area contributed by atoms with E-state index in [0.717, 1.165) is 22.4 Å². The summed E-state index contributed by atoms with van der Waals surface area (Å²) in [6.07, 6.45) is 3.34. The predicted octanol–water partition coefficient (Wildman–Crippen LogP) is 3.83. The van der Waals surface area contributed by atoms with Gasteiger partial charge in [-0.1, -0.05) is 35.9 Å². The van der Waals surface area contributed by atoms with Gasteiger partial charge in [-0.2, -0.15) is 5.10 Å². The number of nitrogens with zero attached hydrogens (tertiary/aromatic N) is 4. The van der Waals surface area contributed by atoms with Crippen molar-refractivity contribution in [1.29, 1.82) is 0 Å². The van der Waals surface area contributed by atoms with E-state index in [1.54, 1.807) is 24.5 Å². The van der Waals surface area contributed by atoms with Crippen molar-refractivity contribution in [3.05, 3.63) is 71.0 Å². The Balaban J connectivity index is 1.73. The van der Waals surface area contributed by atoms with Crippen molar-refractivity contribution < 1.29 is 14.7 Å². The maximum absolute atomic E-state index is 12.8. The summed E-state index contributed by atoms with van der Waals surface area (Å²) in [7, 11) is 0. The van der Waals surface area contributed by atoms with Crippen LogP contribution in [0.15, 0.2) is 60.0 Å². The van der Waals surface area contributed by atoms with E-state index in [1.165, 1.54) is 5.01 Å². The van der Waals surface area contributed by atoms with Crippen LogP contribution >= 0.6 is 11.6 Å². The fraction of sp³-hybridized carbons (Fsp3) is 0.190. The molecule has 0 fully saturated rings. The van der Waals surface area contributed by atoms with Gasteiger partial charge in [0.05, 0.1) is 29.2 Å². The molecule has 0 radical (unpaired) electrons. The highest BCUT2D eigenvalue weighted by Gasteiger charge is 2.34. The number of halogens is 1. The lowest BCUT2D eigenvalue weighted by Gasteiger charge is -2.22. The Morgan fingerprint density at radius 1 is 1.07 bits per heavy atom. The molecule has 3 aromatic rings. The number of aromatic nitrogens is 2. The number of carboxylic acid groups (broad SMARTS) is 1. The van der Waals surface area contributed by atoms with Crippen LogP contribution in [0.5, 0.6) is 0 Å². The van der Waals surface area contributed by atoms with Crippen LogP contribution in [0.3, 0.4) is 0 Å². The highest BCUT2D eigenvalue weighted by atomic mass is 35.5. The summed E-state index contributed by atoms with van der Waals surface area (Å²) in [5, 5.41) is 15.5. The number of hydrogen-bond acceptors (Lipinski definition) is 5. The summed E-state index contributed by atoms with van der Waals surface area (Å²) in [6, 6.07) is 12.5. The first-order valence-electron chi connectivity index (χ1n) is 9.10. The molecular formula is C21H17ClN4O3. The van der Waals surface area contributed by atoms with Crippen molar-refractivity contribution >= 4 is 40.2 Å². The molecule has 4 rings (SSSR count). The van der Waals surface area contributed by atoms with E-state index < -0.39 is 5.97 Å². The molecule has 2 heterocycles. The van der Waals surface area contributed by atoms with E-state index in [9.17, 15) is 9.59 Å². The Bertz CT molecular complexity index is 1110. The molecule has 0 unspecified atom stereocenters. The molecule has 2 aromatic carbocycles. The lowest BCUT2D eigenvalue weighted by molar-refractivity contribution is -0.141. The van der Waals surface area contributed by atoms with Crippen molar-refractivity contribution in [2.75, 3.05) is 0 Å². The molecule has 1 aliphatic heterocycles. The summed E-state index contributed by atoms with van der Waals surface area (Å²) in [6.45, 7) is 0. The molecule has 1 aromatic heterocycles. The van der Waals surface area contributed by atoms with Crippen LogP contribution in [-0.2, 0) is 9.59 Å². The Morgan fingerprint density at radius 2 is 1.83 bits per heavy atom. The predicted molar refractivity (Wildman–Crippen MR) is 109 cm³/mol. The minimum absolute atomic E-state index is 0.125. The second kappa shape index (κ2) is 7.97. The van der Waals surface area contributed by atoms with Crippen LogP contribution in [0, 0.1) is 0 Å². The minimum atomic E-state index is -1.02. The Kier molecular flexibility index (Phi) is 5.22. The standard InChI is InChI=1S/C21H17ClN4O3/c22-14-6-4-13(5-7-14)17-12-18(26(25-17)19(27)8-9-20(28)29)15-2-1-3-16-21(15)24-11-10-23-16/h1-7,10-11,18H,8-9,12H2,(H,28,29)/t18-/m1/s1. The van der Waals surface area contributed by atoms with Crippen LogP contribution in [0.2, 0.25) is 5.02 Å². The SMILES string of the molecule is O=C(O)CCC(=O)N1N=C(c2ccc(Cl)cc2)C[C@@H]1c1cccc2nccnc12. The van der Waals surface area contributed by atoms with E-state index >= 15 is 0 Å². The first kappa shape index (κ1) is 19.0. The van der Waals surface area contributed by atoms with Crippen molar-refractivity contribution in [1.82, 2.24) is 15.0 Å². The van der Waals surface area contributed by atoms with Crippen molar-refractivity contribution in [2.24, 2.45) is 5.10 Å². The second-order valence-electron chi connectivity index (χ2n) is 6.68. The van der Waals surface area contributed by atoms with Gasteiger partial charge in [-0.05, 0) is 23.8 Å². The number of hydrazone groups is 1. The largest absolute Gasteiger partial charge is 0.481 e. The van der Waals surface area contributed by atoms with Crippen LogP contribution in [-0.4, -0.2) is 37.7 Å². The van der Waals surface area contributed by atoms with E-state index in [-0.39, 0.29) is 24.8 Å². The number of rotatable bonds is 5. The van der Waals surface area contributed by atoms with Gasteiger partial charge in [-0.25, -0.2) is 5.01 Å². The first-order valence-corrected chi connectivity index (χ1v) is 9.47. The van der Waals surface area contributed by atoms with Crippen LogP contribution in [0.1, 0.15) is 36.4 Å². The minimum Gasteiger partial charge on any atom is -0.481 e. The molecule has 1 amide bonds. The molecule has 0 spiro atoms. The zero-order chi connectivity index (χ0) is 20.4. The third-order valence-corrected chi connectivity index (χ3v) is 5.04. The van der Waals surface area contributed by atoms with Gasteiger partial charge < -0.3 is 5.11 Å². The molecule has 0 bridgehead atoms. The van der Waals surface area contributed by atoms with E-state index in [0.29, 0.717) is 17.0 Å². The molecule has 7 nitrogen and oxygen atoms in total. The zero-order valence-corrected chi connectivity index (χ0v) is 16.1. The number of carbonyl (C=O) groups is 2. The number of para-hydroxylation sites is 1. The van der Waals surface area contributed by atoms with Gasteiger partial charge in [0, 0.05) is 35.8 Å². The average molecular weight is 409 g/mol. The Labute approximate surface area is 171 Å². The molecule has 0 saturated heterocycles. The average Bonchev–Trinajstić information content (AvgIpc) is 3.17. The van der Waals surface area contributed by atoms with Crippen LogP contribution < -0.4 is 0 Å². The van der Waals surface area contributed by atoms with Gasteiger partial charge in [0.1, 0.15) is 0 Å². The lowest BCUT2D eigenvalue weighted by atomic mass is 9.97. The van der Waals surface area contributed by atoms with E-state index in [2.05, 4.69) is 15.1 Å². The zero-order valence-electron chi connectivity index (χ0n) is 15.3. The van der Waals surface area contributed by atoms with Crippen LogP contribution in [0.25, 0.3) is 11.0 Å². The fourth-order valence-electron chi connectivity index (χ4n) is 3.41. The summed E-state index contributed by atoms with van der Waals surface area (Å²) in [5.74, 6) is -1.37. The normalized spacial score (nSPS) is 16.1. The highest BCUT2D eigenvalue weighted by molar-refractivity contribution is 6.30. The lowest BCUT2D eigenvalue weighted by Crippen LogP contribution is -2.27. The quantitative estimate of drug-likeness (QED) is 0.692. The first-order chi connectivity index (χ1) is 14.0. The van der Waals surface area contributed by atoms with Crippen molar-refractivity contribution in [2.45, 2.75) is 25.3 Å². The van der Waals surface area contributed by atoms with E-state index in [1.807, 2.05) is 30.3 Å². The summed E-state index contributed by atoms with van der Waals surface area (Å²) < 4.78 is 0. The molecule has 1 atom stereocenters. The maximum atomic E-state index is 12.8. The molecule has 146 valence electrons. The van der Waals surface area contributed by atoms with Gasteiger partial charge in [0.25, 0.3) is 0 Å². The molecule has 1 aliphatic rings. The molecule has 0 saturated carbocycles. The fourth-order valence-corrected chi connectivity index (χ4v) is 3.54. The number of hydrogen-bond donors (Lipinski definition) is 1. The van der Waals surface area contributed by atoms with Gasteiger partial charge >= 0.3 is 5.97 Å². The number of carboxylic acids is 1. The highest BCUT2D eigenvalue weighted by Crippen LogP contribution is 2.36. The molecular weight excluding hydrogens is 392 g/mol. The number of carbonyl (C=O) groups excluding carboxylic acids is 1. The monoisotopic (exact) mass is 408 g/mol. The van der Waals surface area contributed by atoms with Crippen LogP contribution in [0.4, 0.5) is 0 Å². The third-order valence-electron chi connectivity index (χ3n) is 4.78. The van der Waals surface area contributed by atoms with E-state index in [4.69, 9.17) is 16.7 Å². The molecule has 1 N–H and O–H groups in total. The smallest absolute Gasteiger partial charge is 0.303 e. The number of aliphatic carboxylic acids is 1. The number of amides is 1. The van der Waals surface area contributed by atoms with Gasteiger partial charge in [0.2, 0.25) is 5.91 Å². The van der Waals surface area contributed by atoms with Gasteiger partial charge in [-0.3, -0.25) is 19.6 Å². The summed E-state index contributed by atoms with van der Waals surface area (Å²) in [4.78, 5) is 32.5.